The van der Waals surface area contributed by atoms with Crippen LogP contribution in [0.25, 0.3) is 22.4 Å². The number of aromatic nitrogens is 4. The highest BCUT2D eigenvalue weighted by atomic mass is 32.2. The lowest BCUT2D eigenvalue weighted by Crippen LogP contribution is -2.19. The highest BCUT2D eigenvalue weighted by Crippen LogP contribution is 2.29. The molecule has 0 spiro atoms. The highest BCUT2D eigenvalue weighted by molar-refractivity contribution is 7.93. The van der Waals surface area contributed by atoms with E-state index < -0.39 is 32.5 Å². The summed E-state index contributed by atoms with van der Waals surface area (Å²) < 4.78 is 50.8. The maximum absolute atomic E-state index is 15.0. The molecule has 3 aromatic heterocycles. The molecule has 0 unspecified atom stereocenters. The van der Waals surface area contributed by atoms with Crippen LogP contribution in [0.5, 0.6) is 0 Å². The van der Waals surface area contributed by atoms with Crippen molar-refractivity contribution < 1.29 is 17.2 Å². The van der Waals surface area contributed by atoms with Crippen molar-refractivity contribution in [2.24, 2.45) is 7.05 Å². The van der Waals surface area contributed by atoms with Crippen molar-refractivity contribution in [1.29, 1.82) is 0 Å². The van der Waals surface area contributed by atoms with Gasteiger partial charge in [0.2, 0.25) is 0 Å². The molecule has 5 rings (SSSR count). The molecular formula is C22H18FN5O4S2. The van der Waals surface area contributed by atoms with E-state index in [-0.39, 0.29) is 16.2 Å². The number of rotatable bonds is 6. The lowest BCUT2D eigenvalue weighted by molar-refractivity contribution is 0.489. The topological polar surface area (TPSA) is 112 Å². The van der Waals surface area contributed by atoms with E-state index in [1.807, 2.05) is 43.6 Å². The van der Waals surface area contributed by atoms with Crippen LogP contribution >= 0.6 is 11.3 Å². The predicted octanol–water partition coefficient (Wildman–Crippen LogP) is 4.00. The average molecular weight is 500 g/mol. The molecule has 5 aromatic rings. The molecule has 0 aliphatic rings. The van der Waals surface area contributed by atoms with E-state index in [1.165, 1.54) is 10.8 Å². The van der Waals surface area contributed by atoms with Crippen molar-refractivity contribution in [2.75, 3.05) is 4.72 Å². The number of sulfonamides is 1. The predicted molar refractivity (Wildman–Crippen MR) is 126 cm³/mol. The fraction of sp³-hybridized carbons (Fsp3) is 0.136. The smallest absolute Gasteiger partial charge is 0.408 e. The second kappa shape index (κ2) is 8.22. The van der Waals surface area contributed by atoms with Gasteiger partial charge in [-0.25, -0.2) is 22.6 Å². The maximum Gasteiger partial charge on any atom is 0.420 e. The Morgan fingerprint density at radius 1 is 1.21 bits per heavy atom. The summed E-state index contributed by atoms with van der Waals surface area (Å²) in [5, 5.41) is 6.08. The van der Waals surface area contributed by atoms with Crippen LogP contribution in [-0.4, -0.2) is 27.7 Å². The van der Waals surface area contributed by atoms with E-state index in [0.29, 0.717) is 0 Å². The maximum atomic E-state index is 15.0. The fourth-order valence-electron chi connectivity index (χ4n) is 3.73. The van der Waals surface area contributed by atoms with Gasteiger partial charge < -0.3 is 4.42 Å². The number of benzene rings is 2. The Morgan fingerprint density at radius 2 is 2.03 bits per heavy atom. The van der Waals surface area contributed by atoms with Gasteiger partial charge in [0.25, 0.3) is 10.0 Å². The molecule has 1 atom stereocenters. The molecule has 174 valence electrons. The number of nitrogens with zero attached hydrogens (tertiary/aromatic N) is 4. The number of nitrogens with one attached hydrogen (secondary N) is 1. The summed E-state index contributed by atoms with van der Waals surface area (Å²) >= 11 is 1.06. The van der Waals surface area contributed by atoms with Gasteiger partial charge >= 0.3 is 5.76 Å². The molecule has 9 nitrogen and oxygen atoms in total. The SMILES string of the molecule is C[C@H](c1cccc(-c2ccn(C)n2)c1)n1c(=O)oc2cc(S(=O)(=O)Nc3nccs3)c(F)cc21. The van der Waals surface area contributed by atoms with Crippen LogP contribution in [0.2, 0.25) is 0 Å². The summed E-state index contributed by atoms with van der Waals surface area (Å²) in [7, 11) is -2.45. The van der Waals surface area contributed by atoms with Crippen molar-refractivity contribution in [3.8, 4) is 11.3 Å². The van der Waals surface area contributed by atoms with Crippen LogP contribution in [0.15, 0.2) is 74.3 Å². The van der Waals surface area contributed by atoms with Gasteiger partial charge in [0.1, 0.15) is 10.7 Å². The van der Waals surface area contributed by atoms with Crippen LogP contribution in [0.4, 0.5) is 9.52 Å². The fourth-order valence-corrected chi connectivity index (χ4v) is 5.59. The third kappa shape index (κ3) is 3.90. The van der Waals surface area contributed by atoms with E-state index in [9.17, 15) is 17.6 Å². The Bertz CT molecular complexity index is 1670. The Balaban J connectivity index is 1.56. The van der Waals surface area contributed by atoms with Gasteiger partial charge in [-0.1, -0.05) is 18.2 Å². The largest absolute Gasteiger partial charge is 0.420 e. The van der Waals surface area contributed by atoms with Crippen molar-refractivity contribution in [1.82, 2.24) is 19.3 Å². The second-order valence-corrected chi connectivity index (χ2v) is 10.2. The molecule has 0 saturated carbocycles. The zero-order valence-corrected chi connectivity index (χ0v) is 19.6. The summed E-state index contributed by atoms with van der Waals surface area (Å²) in [6.07, 6.45) is 3.25. The van der Waals surface area contributed by atoms with Crippen LogP contribution in [0.3, 0.4) is 0 Å². The second-order valence-electron chi connectivity index (χ2n) is 7.61. The minimum atomic E-state index is -4.27. The summed E-state index contributed by atoms with van der Waals surface area (Å²) in [5.41, 5.74) is 2.51. The molecule has 12 heteroatoms. The highest BCUT2D eigenvalue weighted by Gasteiger charge is 2.25. The molecule has 0 aliphatic carbocycles. The Kier molecular flexibility index (Phi) is 5.33. The summed E-state index contributed by atoms with van der Waals surface area (Å²) in [6, 6.07) is 10.8. The van der Waals surface area contributed by atoms with Gasteiger partial charge in [-0.2, -0.15) is 5.10 Å². The molecule has 0 amide bonds. The third-order valence-electron chi connectivity index (χ3n) is 5.38. The first-order valence-corrected chi connectivity index (χ1v) is 12.5. The van der Waals surface area contributed by atoms with Gasteiger partial charge in [-0.15, -0.1) is 11.3 Å². The Morgan fingerprint density at radius 3 is 2.74 bits per heavy atom. The zero-order chi connectivity index (χ0) is 24.0. The van der Waals surface area contributed by atoms with Crippen LogP contribution in [0, 0.1) is 5.82 Å². The number of thiazole rings is 1. The number of oxazole rings is 1. The lowest BCUT2D eigenvalue weighted by atomic mass is 10.0. The van der Waals surface area contributed by atoms with Crippen molar-refractivity contribution in [2.45, 2.75) is 17.9 Å². The minimum absolute atomic E-state index is 0.0429. The molecule has 0 fully saturated rings. The molecule has 34 heavy (non-hydrogen) atoms. The van der Waals surface area contributed by atoms with Crippen LogP contribution in [0.1, 0.15) is 18.5 Å². The monoisotopic (exact) mass is 499 g/mol. The van der Waals surface area contributed by atoms with E-state index >= 15 is 0 Å². The van der Waals surface area contributed by atoms with Gasteiger partial charge in [0.05, 0.1) is 17.3 Å². The molecule has 2 aromatic carbocycles. The van der Waals surface area contributed by atoms with Gasteiger partial charge in [-0.3, -0.25) is 14.0 Å². The van der Waals surface area contributed by atoms with Gasteiger partial charge in [-0.05, 0) is 24.6 Å². The number of anilines is 1. The number of aryl methyl sites for hydroxylation is 1. The first kappa shape index (κ1) is 22.0. The van der Waals surface area contributed by atoms with E-state index in [4.69, 9.17) is 4.42 Å². The lowest BCUT2D eigenvalue weighted by Gasteiger charge is -2.14. The number of hydrogen-bond donors (Lipinski definition) is 1. The van der Waals surface area contributed by atoms with Crippen LogP contribution in [-0.2, 0) is 17.1 Å². The van der Waals surface area contributed by atoms with Crippen LogP contribution < -0.4 is 10.5 Å². The molecular weight excluding hydrogens is 481 g/mol. The Labute approximate surface area is 197 Å². The standard InChI is InChI=1S/C22H18FN5O4S2/c1-13(14-4-3-5-15(10-14)17-6-8-27(2)25-17)28-18-11-16(23)20(12-19(18)32-22(28)29)34(30,31)26-21-24-7-9-33-21/h3-13H,1-2H3,(H,24,26)/t13-/m1/s1. The molecule has 0 bridgehead atoms. The van der Waals surface area contributed by atoms with E-state index in [0.717, 1.165) is 40.3 Å². The molecule has 0 saturated heterocycles. The first-order chi connectivity index (χ1) is 16.2. The minimum Gasteiger partial charge on any atom is -0.408 e. The first-order valence-electron chi connectivity index (χ1n) is 10.1. The molecule has 1 N–H and O–H groups in total. The number of fused-ring (bicyclic) bond motifs is 1. The summed E-state index contributed by atoms with van der Waals surface area (Å²) in [5.74, 6) is -1.74. The summed E-state index contributed by atoms with van der Waals surface area (Å²) in [6.45, 7) is 1.78. The average Bonchev–Trinajstić information content (AvgIpc) is 3.53. The van der Waals surface area contributed by atoms with Gasteiger partial charge in [0.15, 0.2) is 10.7 Å². The zero-order valence-electron chi connectivity index (χ0n) is 18.0. The van der Waals surface area contributed by atoms with E-state index in [1.54, 1.807) is 17.0 Å². The quantitative estimate of drug-likeness (QED) is 0.378. The normalized spacial score (nSPS) is 12.8. The third-order valence-corrected chi connectivity index (χ3v) is 7.55. The van der Waals surface area contributed by atoms with Crippen molar-refractivity contribution in [3.05, 3.63) is 82.2 Å². The number of hydrogen-bond acceptors (Lipinski definition) is 7. The van der Waals surface area contributed by atoms with Gasteiger partial charge in [0, 0.05) is 42.5 Å². The van der Waals surface area contributed by atoms with E-state index in [2.05, 4.69) is 14.8 Å². The van der Waals surface area contributed by atoms with Crippen molar-refractivity contribution in [3.63, 3.8) is 0 Å². The van der Waals surface area contributed by atoms with Crippen molar-refractivity contribution >= 4 is 37.6 Å². The molecule has 0 radical (unpaired) electrons. The molecule has 0 aliphatic heterocycles. The number of halogens is 1. The molecule has 3 heterocycles. The summed E-state index contributed by atoms with van der Waals surface area (Å²) in [4.78, 5) is 15.9. The Hall–Kier alpha value is -3.77.